The number of rotatable bonds is 13. The maximum atomic E-state index is 12.0. The first-order valence-corrected chi connectivity index (χ1v) is 10.5. The molecule has 0 aliphatic heterocycles. The maximum Gasteiger partial charge on any atom is 0.332 e. The van der Waals surface area contributed by atoms with Crippen molar-refractivity contribution in [3.05, 3.63) is 82.5 Å². The largest absolute Gasteiger partial charge is 0.457 e. The molecule has 0 fully saturated rings. The van der Waals surface area contributed by atoms with E-state index in [2.05, 4.69) is 16.9 Å². The number of nitrogens with two attached hydrogens (primary N) is 1. The quantitative estimate of drug-likeness (QED) is 0.0627. The van der Waals surface area contributed by atoms with Crippen LogP contribution in [0.15, 0.2) is 77.4 Å². The molecule has 0 saturated carbocycles. The predicted octanol–water partition coefficient (Wildman–Crippen LogP) is 3.82. The number of aliphatic imine (C=N–C) groups is 1. The van der Waals surface area contributed by atoms with Crippen molar-refractivity contribution in [3.8, 4) is 0 Å². The lowest BCUT2D eigenvalue weighted by molar-refractivity contribution is -0.415. The fourth-order valence-electron chi connectivity index (χ4n) is 2.34. The van der Waals surface area contributed by atoms with Gasteiger partial charge in [-0.15, -0.1) is 0 Å². The molecular formula is C24H37N5O4. The van der Waals surface area contributed by atoms with Gasteiger partial charge in [-0.25, -0.2) is 4.79 Å². The summed E-state index contributed by atoms with van der Waals surface area (Å²) in [5.41, 5.74) is 6.77. The minimum absolute atomic E-state index is 0.139. The number of carbonyl (C=O) groups is 1. The average molecular weight is 460 g/mol. The van der Waals surface area contributed by atoms with Gasteiger partial charge in [-0.1, -0.05) is 18.7 Å². The summed E-state index contributed by atoms with van der Waals surface area (Å²) in [5, 5.41) is 14.0. The third-order valence-electron chi connectivity index (χ3n) is 4.06. The summed E-state index contributed by atoms with van der Waals surface area (Å²) in [5.74, 6) is -0.554. The Morgan fingerprint density at radius 3 is 2.48 bits per heavy atom. The second kappa shape index (κ2) is 15.2. The molecule has 0 atom stereocenters. The van der Waals surface area contributed by atoms with Gasteiger partial charge in [0.15, 0.2) is 5.84 Å². The lowest BCUT2D eigenvalue weighted by Crippen LogP contribution is -2.23. The highest BCUT2D eigenvalue weighted by Gasteiger charge is 2.14. The van der Waals surface area contributed by atoms with Crippen molar-refractivity contribution in [2.24, 2.45) is 10.7 Å². The number of esters is 1. The molecule has 0 radical (unpaired) electrons. The number of allylic oxidation sites excluding steroid dienone is 6. The minimum Gasteiger partial charge on any atom is -0.457 e. The first-order chi connectivity index (χ1) is 15.4. The Bertz CT molecular complexity index is 859. The molecule has 0 heterocycles. The van der Waals surface area contributed by atoms with Gasteiger partial charge in [0.2, 0.25) is 0 Å². The topological polar surface area (TPSA) is 123 Å². The Morgan fingerprint density at radius 1 is 1.27 bits per heavy atom. The van der Waals surface area contributed by atoms with E-state index in [1.165, 1.54) is 25.3 Å². The van der Waals surface area contributed by atoms with Crippen LogP contribution in [-0.2, 0) is 9.53 Å². The molecule has 0 aromatic carbocycles. The molecule has 3 N–H and O–H groups in total. The fourth-order valence-corrected chi connectivity index (χ4v) is 2.34. The second-order valence-electron chi connectivity index (χ2n) is 8.07. The van der Waals surface area contributed by atoms with Crippen molar-refractivity contribution in [2.75, 3.05) is 20.1 Å². The Balaban J connectivity index is 5.09. The van der Waals surface area contributed by atoms with Gasteiger partial charge < -0.3 is 20.7 Å². The van der Waals surface area contributed by atoms with Crippen LogP contribution in [0, 0.1) is 10.1 Å². The first kappa shape index (κ1) is 29.4. The van der Waals surface area contributed by atoms with E-state index in [-0.39, 0.29) is 11.5 Å². The molecule has 0 amide bonds. The van der Waals surface area contributed by atoms with Crippen molar-refractivity contribution in [2.45, 2.75) is 46.6 Å². The van der Waals surface area contributed by atoms with Gasteiger partial charge in [0.1, 0.15) is 5.60 Å². The summed E-state index contributed by atoms with van der Waals surface area (Å²) in [7, 11) is 1.39. The number of amidine groups is 1. The van der Waals surface area contributed by atoms with Gasteiger partial charge in [0.05, 0.1) is 4.92 Å². The molecule has 0 aliphatic rings. The van der Waals surface area contributed by atoms with Crippen LogP contribution >= 0.6 is 0 Å². The van der Waals surface area contributed by atoms with Crippen molar-refractivity contribution in [3.63, 3.8) is 0 Å². The van der Waals surface area contributed by atoms with Crippen LogP contribution in [0.25, 0.3) is 0 Å². The van der Waals surface area contributed by atoms with Crippen LogP contribution in [-0.4, -0.2) is 47.4 Å². The minimum atomic E-state index is -0.584. The van der Waals surface area contributed by atoms with E-state index in [0.29, 0.717) is 13.1 Å². The van der Waals surface area contributed by atoms with E-state index in [4.69, 9.17) is 10.5 Å². The Labute approximate surface area is 196 Å². The summed E-state index contributed by atoms with van der Waals surface area (Å²) in [6.45, 7) is 14.4. The van der Waals surface area contributed by atoms with Crippen LogP contribution in [0.1, 0.15) is 41.0 Å². The Hall–Kier alpha value is -3.62. The van der Waals surface area contributed by atoms with E-state index in [0.717, 1.165) is 17.6 Å². The molecule has 0 unspecified atom stereocenters. The molecule has 0 bridgehead atoms. The van der Waals surface area contributed by atoms with Gasteiger partial charge >= 0.3 is 11.7 Å². The van der Waals surface area contributed by atoms with Crippen LogP contribution in [0.4, 0.5) is 0 Å². The van der Waals surface area contributed by atoms with Crippen LogP contribution in [0.2, 0.25) is 0 Å². The summed E-state index contributed by atoms with van der Waals surface area (Å²) in [6, 6.07) is 0. The molecule has 0 rings (SSSR count). The summed E-state index contributed by atoms with van der Waals surface area (Å²) in [6.07, 6.45) is 13.8. The summed E-state index contributed by atoms with van der Waals surface area (Å²) >= 11 is 0. The third-order valence-corrected chi connectivity index (χ3v) is 4.06. The third kappa shape index (κ3) is 14.1. The first-order valence-electron chi connectivity index (χ1n) is 10.5. The average Bonchev–Trinajstić information content (AvgIpc) is 2.71. The highest BCUT2D eigenvalue weighted by Crippen LogP contribution is 2.11. The van der Waals surface area contributed by atoms with E-state index in [1.54, 1.807) is 18.5 Å². The molecule has 182 valence electrons. The second-order valence-corrected chi connectivity index (χ2v) is 8.07. The van der Waals surface area contributed by atoms with Crippen LogP contribution in [0.3, 0.4) is 0 Å². The lowest BCUT2D eigenvalue weighted by Gasteiger charge is -2.20. The van der Waals surface area contributed by atoms with E-state index >= 15 is 0 Å². The summed E-state index contributed by atoms with van der Waals surface area (Å²) in [4.78, 5) is 28.0. The summed E-state index contributed by atoms with van der Waals surface area (Å²) < 4.78 is 5.32. The normalized spacial score (nSPS) is 14.0. The Morgan fingerprint density at radius 2 is 1.94 bits per heavy atom. The molecular weight excluding hydrogens is 422 g/mol. The van der Waals surface area contributed by atoms with Crippen molar-refractivity contribution in [1.29, 1.82) is 0 Å². The number of nitrogens with one attached hydrogen (secondary N) is 1. The highest BCUT2D eigenvalue weighted by atomic mass is 16.6. The van der Waals surface area contributed by atoms with Crippen molar-refractivity contribution in [1.82, 2.24) is 10.2 Å². The van der Waals surface area contributed by atoms with Crippen LogP contribution in [0.5, 0.6) is 0 Å². The van der Waals surface area contributed by atoms with Crippen LogP contribution < -0.4 is 11.1 Å². The molecule has 33 heavy (non-hydrogen) atoms. The zero-order valence-electron chi connectivity index (χ0n) is 20.5. The Kier molecular flexibility index (Phi) is 13.6. The number of ether oxygens (including phenoxy) is 1. The number of nitro groups is 1. The molecule has 9 heteroatoms. The molecule has 0 aromatic rings. The van der Waals surface area contributed by atoms with E-state index in [9.17, 15) is 14.9 Å². The molecule has 0 spiro atoms. The van der Waals surface area contributed by atoms with Gasteiger partial charge in [0.25, 0.3) is 0 Å². The smallest absolute Gasteiger partial charge is 0.332 e. The van der Waals surface area contributed by atoms with Crippen molar-refractivity contribution < 1.29 is 14.5 Å². The van der Waals surface area contributed by atoms with Gasteiger partial charge in [0, 0.05) is 44.7 Å². The number of nitrogens with zero attached hydrogens (tertiary/aromatic N) is 3. The lowest BCUT2D eigenvalue weighted by atomic mass is 10.1. The number of carbonyl (C=O) groups excluding carboxylic acids is 1. The SMILES string of the molecule is C=C/C=C(C)/C(C)=C/N(/C=C/C(=O)OC(C)(C)C)CCCN/C=C/C=C(\C(N)=NC)[N+](=O)[O-]. The van der Waals surface area contributed by atoms with Gasteiger partial charge in [-0.05, 0) is 64.5 Å². The standard InChI is InChI=1S/C24H37N5O4/c1-8-11-19(2)20(3)18-28(17-13-22(30)33-24(4,5)6)16-10-15-27-14-9-12-21(29(31)32)23(25)26-7/h8-9,11-14,17-18,27H,1,10,15-16H2,2-7H3,(H2,25,26)/b14-9+,17-13+,19-11+,20-18+,21-12+. The van der Waals surface area contributed by atoms with E-state index in [1.807, 2.05) is 51.8 Å². The maximum absolute atomic E-state index is 12.0. The predicted molar refractivity (Wildman–Crippen MR) is 134 cm³/mol. The highest BCUT2D eigenvalue weighted by molar-refractivity contribution is 5.94. The molecule has 0 aliphatic carbocycles. The molecule has 9 nitrogen and oxygen atoms in total. The zero-order valence-corrected chi connectivity index (χ0v) is 20.5. The fraction of sp³-hybridized carbons (Fsp3) is 0.417. The van der Waals surface area contributed by atoms with Crippen molar-refractivity contribution >= 4 is 11.8 Å². The van der Waals surface area contributed by atoms with E-state index < -0.39 is 16.5 Å². The van der Waals surface area contributed by atoms with Gasteiger partial charge in [-0.2, -0.15) is 0 Å². The van der Waals surface area contributed by atoms with Gasteiger partial charge in [-0.3, -0.25) is 15.1 Å². The number of hydrogen-bond donors (Lipinski definition) is 2. The molecule has 0 saturated heterocycles. The monoisotopic (exact) mass is 459 g/mol. The zero-order chi connectivity index (χ0) is 25.4. The number of hydrogen-bond acceptors (Lipinski definition) is 7. The molecule has 0 aromatic heterocycles.